The summed E-state index contributed by atoms with van der Waals surface area (Å²) in [5.41, 5.74) is 3.37. The van der Waals surface area contributed by atoms with Crippen LogP contribution in [0.3, 0.4) is 0 Å². The van der Waals surface area contributed by atoms with Crippen LogP contribution in [0.25, 0.3) is 0 Å². The second-order valence-corrected chi connectivity index (χ2v) is 6.24. The number of nitrogens with zero attached hydrogens (tertiary/aromatic N) is 2. The van der Waals surface area contributed by atoms with Crippen LogP contribution < -0.4 is 0 Å². The second-order valence-electron chi connectivity index (χ2n) is 5.32. The molecule has 1 unspecified atom stereocenters. The molecular formula is C16H17BrN2O. The van der Waals surface area contributed by atoms with Crippen molar-refractivity contribution < 1.29 is 4.79 Å². The summed E-state index contributed by atoms with van der Waals surface area (Å²) in [6.07, 6.45) is 3.96. The fourth-order valence-corrected chi connectivity index (χ4v) is 3.52. The molecule has 104 valence electrons. The zero-order valence-corrected chi connectivity index (χ0v) is 13.2. The summed E-state index contributed by atoms with van der Waals surface area (Å²) in [6.45, 7) is 0. The highest BCUT2D eigenvalue weighted by Crippen LogP contribution is 2.35. The third-order valence-corrected chi connectivity index (χ3v) is 4.51. The lowest BCUT2D eigenvalue weighted by Gasteiger charge is -2.25. The monoisotopic (exact) mass is 332 g/mol. The summed E-state index contributed by atoms with van der Waals surface area (Å²) in [5, 5.41) is 0. The summed E-state index contributed by atoms with van der Waals surface area (Å²) in [6, 6.07) is 10.5. The Balaban J connectivity index is 1.89. The van der Waals surface area contributed by atoms with Gasteiger partial charge in [0.1, 0.15) is 5.69 Å². The highest BCUT2D eigenvalue weighted by Gasteiger charge is 2.29. The molecule has 3 rings (SSSR count). The Hall–Kier alpha value is -1.55. The SMILES string of the molecule is CN(C(=O)c1cc(Br)cn1C)C1CCc2ccccc21. The van der Waals surface area contributed by atoms with Crippen molar-refractivity contribution in [2.45, 2.75) is 18.9 Å². The van der Waals surface area contributed by atoms with Gasteiger partial charge in [-0.1, -0.05) is 24.3 Å². The van der Waals surface area contributed by atoms with Gasteiger partial charge in [-0.15, -0.1) is 0 Å². The highest BCUT2D eigenvalue weighted by molar-refractivity contribution is 9.10. The van der Waals surface area contributed by atoms with E-state index in [1.165, 1.54) is 11.1 Å². The quantitative estimate of drug-likeness (QED) is 0.825. The van der Waals surface area contributed by atoms with Crippen LogP contribution >= 0.6 is 15.9 Å². The van der Waals surface area contributed by atoms with Crippen LogP contribution in [-0.4, -0.2) is 22.4 Å². The van der Waals surface area contributed by atoms with Gasteiger partial charge in [-0.2, -0.15) is 0 Å². The van der Waals surface area contributed by atoms with Crippen LogP contribution in [0.1, 0.15) is 34.1 Å². The average molecular weight is 333 g/mol. The van der Waals surface area contributed by atoms with Crippen molar-refractivity contribution in [1.29, 1.82) is 0 Å². The van der Waals surface area contributed by atoms with Crippen molar-refractivity contribution in [2.24, 2.45) is 7.05 Å². The molecule has 0 bridgehead atoms. The van der Waals surface area contributed by atoms with Gasteiger partial charge in [-0.25, -0.2) is 0 Å². The van der Waals surface area contributed by atoms with E-state index in [0.717, 1.165) is 17.3 Å². The summed E-state index contributed by atoms with van der Waals surface area (Å²) >= 11 is 3.42. The first-order valence-corrected chi connectivity index (χ1v) is 7.54. The van der Waals surface area contributed by atoms with Gasteiger partial charge in [0.15, 0.2) is 0 Å². The summed E-state index contributed by atoms with van der Waals surface area (Å²) < 4.78 is 2.80. The minimum absolute atomic E-state index is 0.0694. The van der Waals surface area contributed by atoms with Crippen LogP contribution in [0.2, 0.25) is 0 Å². The molecule has 1 aliphatic carbocycles. The number of carbonyl (C=O) groups is 1. The van der Waals surface area contributed by atoms with E-state index in [0.29, 0.717) is 5.69 Å². The first-order valence-electron chi connectivity index (χ1n) is 6.74. The van der Waals surface area contributed by atoms with Gasteiger partial charge in [0.25, 0.3) is 5.91 Å². The fraction of sp³-hybridized carbons (Fsp3) is 0.312. The predicted molar refractivity (Wildman–Crippen MR) is 82.7 cm³/mol. The number of halogens is 1. The first-order chi connectivity index (χ1) is 9.58. The number of fused-ring (bicyclic) bond motifs is 1. The molecule has 1 aliphatic rings. The molecule has 0 radical (unpaired) electrons. The van der Waals surface area contributed by atoms with Gasteiger partial charge in [0.2, 0.25) is 0 Å². The number of aryl methyl sites for hydroxylation is 2. The first kappa shape index (κ1) is 13.4. The van der Waals surface area contributed by atoms with Crippen LogP contribution in [0, 0.1) is 0 Å². The molecule has 0 N–H and O–H groups in total. The Morgan fingerprint density at radius 1 is 1.40 bits per heavy atom. The van der Waals surface area contributed by atoms with Gasteiger partial charge in [-0.05, 0) is 46.0 Å². The lowest BCUT2D eigenvalue weighted by molar-refractivity contribution is 0.0721. The van der Waals surface area contributed by atoms with Crippen LogP contribution in [0.5, 0.6) is 0 Å². The molecule has 1 heterocycles. The standard InChI is InChI=1S/C16H17BrN2O/c1-18-10-12(17)9-15(18)16(20)19(2)14-8-7-11-5-3-4-6-13(11)14/h3-6,9-10,14H,7-8H2,1-2H3. The molecule has 1 atom stereocenters. The number of hydrogen-bond acceptors (Lipinski definition) is 1. The maximum atomic E-state index is 12.7. The number of rotatable bonds is 2. The largest absolute Gasteiger partial charge is 0.345 e. The summed E-state index contributed by atoms with van der Waals surface area (Å²) in [5.74, 6) is 0.0694. The van der Waals surface area contributed by atoms with Crippen molar-refractivity contribution in [3.63, 3.8) is 0 Å². The van der Waals surface area contributed by atoms with Gasteiger partial charge in [0, 0.05) is 24.8 Å². The van der Waals surface area contributed by atoms with Gasteiger partial charge in [0.05, 0.1) is 6.04 Å². The zero-order chi connectivity index (χ0) is 14.3. The molecule has 0 fully saturated rings. The summed E-state index contributed by atoms with van der Waals surface area (Å²) in [4.78, 5) is 14.5. The Morgan fingerprint density at radius 2 is 2.15 bits per heavy atom. The Kier molecular flexibility index (Phi) is 3.42. The number of aromatic nitrogens is 1. The number of benzene rings is 1. The Morgan fingerprint density at radius 3 is 2.85 bits per heavy atom. The van der Waals surface area contributed by atoms with E-state index in [9.17, 15) is 4.79 Å². The smallest absolute Gasteiger partial charge is 0.270 e. The van der Waals surface area contributed by atoms with Crippen molar-refractivity contribution in [2.75, 3.05) is 7.05 Å². The lowest BCUT2D eigenvalue weighted by Crippen LogP contribution is -2.31. The number of amides is 1. The molecule has 1 aromatic heterocycles. The van der Waals surface area contributed by atoms with E-state index >= 15 is 0 Å². The van der Waals surface area contributed by atoms with Crippen LogP contribution in [0.15, 0.2) is 41.0 Å². The van der Waals surface area contributed by atoms with Crippen molar-refractivity contribution in [3.8, 4) is 0 Å². The van der Waals surface area contributed by atoms with E-state index in [4.69, 9.17) is 0 Å². The number of hydrogen-bond donors (Lipinski definition) is 0. The van der Waals surface area contributed by atoms with E-state index < -0.39 is 0 Å². The molecule has 20 heavy (non-hydrogen) atoms. The van der Waals surface area contributed by atoms with Gasteiger partial charge >= 0.3 is 0 Å². The van der Waals surface area contributed by atoms with Crippen LogP contribution in [-0.2, 0) is 13.5 Å². The molecule has 1 amide bonds. The minimum atomic E-state index is 0.0694. The molecule has 2 aromatic rings. The lowest BCUT2D eigenvalue weighted by atomic mass is 10.1. The van der Waals surface area contributed by atoms with Crippen molar-refractivity contribution >= 4 is 21.8 Å². The second kappa shape index (κ2) is 5.09. The topological polar surface area (TPSA) is 25.2 Å². The van der Waals surface area contributed by atoms with Crippen molar-refractivity contribution in [3.05, 3.63) is 57.8 Å². The minimum Gasteiger partial charge on any atom is -0.345 e. The Bertz CT molecular complexity index is 662. The van der Waals surface area contributed by atoms with Crippen LogP contribution in [0.4, 0.5) is 0 Å². The maximum absolute atomic E-state index is 12.7. The third-order valence-electron chi connectivity index (χ3n) is 4.08. The fourth-order valence-electron chi connectivity index (χ4n) is 3.00. The maximum Gasteiger partial charge on any atom is 0.270 e. The molecular weight excluding hydrogens is 316 g/mol. The third kappa shape index (κ3) is 2.18. The highest BCUT2D eigenvalue weighted by atomic mass is 79.9. The molecule has 3 nitrogen and oxygen atoms in total. The molecule has 4 heteroatoms. The summed E-state index contributed by atoms with van der Waals surface area (Å²) in [7, 11) is 3.80. The van der Waals surface area contributed by atoms with Crippen molar-refractivity contribution in [1.82, 2.24) is 9.47 Å². The van der Waals surface area contributed by atoms with E-state index in [2.05, 4.69) is 40.2 Å². The average Bonchev–Trinajstić information content (AvgIpc) is 3.00. The van der Waals surface area contributed by atoms with E-state index in [-0.39, 0.29) is 11.9 Å². The number of carbonyl (C=O) groups excluding carboxylic acids is 1. The van der Waals surface area contributed by atoms with E-state index in [1.54, 1.807) is 0 Å². The molecule has 0 saturated heterocycles. The van der Waals surface area contributed by atoms with E-state index in [1.807, 2.05) is 35.8 Å². The van der Waals surface area contributed by atoms with Gasteiger partial charge < -0.3 is 9.47 Å². The molecule has 0 aliphatic heterocycles. The predicted octanol–water partition coefficient (Wildman–Crippen LogP) is 3.55. The zero-order valence-electron chi connectivity index (χ0n) is 11.6. The van der Waals surface area contributed by atoms with Gasteiger partial charge in [-0.3, -0.25) is 4.79 Å². The normalized spacial score (nSPS) is 17.1. The molecule has 1 aromatic carbocycles. The molecule has 0 saturated carbocycles. The molecule has 0 spiro atoms. The Labute approximate surface area is 127 Å².